The number of thioether (sulfide) groups is 1. The van der Waals surface area contributed by atoms with Crippen LogP contribution in [0.5, 0.6) is 0 Å². The van der Waals surface area contributed by atoms with Gasteiger partial charge in [0.15, 0.2) is 5.78 Å². The van der Waals surface area contributed by atoms with E-state index in [9.17, 15) is 19.7 Å². The largest absolute Gasteiger partial charge is 0.430 e. The highest BCUT2D eigenvalue weighted by atomic mass is 35.5. The third-order valence-corrected chi connectivity index (χ3v) is 4.83. The predicted octanol–water partition coefficient (Wildman–Crippen LogP) is 4.21. The molecule has 0 saturated heterocycles. The van der Waals surface area contributed by atoms with Crippen LogP contribution in [-0.4, -0.2) is 22.6 Å². The maximum absolute atomic E-state index is 12.2. The Bertz CT molecular complexity index is 689. The topological polar surface area (TPSA) is 86.5 Å². The van der Waals surface area contributed by atoms with Gasteiger partial charge < -0.3 is 4.74 Å². The minimum atomic E-state index is -0.498. The van der Waals surface area contributed by atoms with Crippen molar-refractivity contribution in [1.29, 1.82) is 0 Å². The number of benzene rings is 1. The average Bonchev–Trinajstić information content (AvgIpc) is 2.56. The number of nitrogens with zero attached hydrogens (tertiary/aromatic N) is 1. The standard InChI is InChI=1S/C16H16ClNO5S/c17-10-4-9-15(20)23-13-7-3-6-12(19)16(13)24-14-8-2-1-5-11(14)18(21)22/h1-2,5,8H,3-4,6-7,9-10H2. The summed E-state index contributed by atoms with van der Waals surface area (Å²) < 4.78 is 5.32. The van der Waals surface area contributed by atoms with Crippen molar-refractivity contribution in [1.82, 2.24) is 0 Å². The van der Waals surface area contributed by atoms with Crippen molar-refractivity contribution in [3.05, 3.63) is 45.0 Å². The summed E-state index contributed by atoms with van der Waals surface area (Å²) >= 11 is 6.54. The predicted molar refractivity (Wildman–Crippen MR) is 90.9 cm³/mol. The van der Waals surface area contributed by atoms with E-state index in [1.54, 1.807) is 18.2 Å². The maximum atomic E-state index is 12.2. The summed E-state index contributed by atoms with van der Waals surface area (Å²) in [5, 5.41) is 11.1. The molecule has 0 N–H and O–H groups in total. The van der Waals surface area contributed by atoms with Crippen LogP contribution in [-0.2, 0) is 14.3 Å². The number of nitro groups is 1. The van der Waals surface area contributed by atoms with Crippen molar-refractivity contribution >= 4 is 40.8 Å². The highest BCUT2D eigenvalue weighted by molar-refractivity contribution is 8.04. The fraction of sp³-hybridized carbons (Fsp3) is 0.375. The van der Waals surface area contributed by atoms with Crippen LogP contribution in [0.3, 0.4) is 0 Å². The molecule has 0 bridgehead atoms. The van der Waals surface area contributed by atoms with Crippen LogP contribution in [0.2, 0.25) is 0 Å². The first-order valence-corrected chi connectivity index (χ1v) is 8.82. The van der Waals surface area contributed by atoms with Crippen molar-refractivity contribution in [2.75, 3.05) is 5.88 Å². The quantitative estimate of drug-likeness (QED) is 0.309. The number of ether oxygens (including phenoxy) is 1. The third-order valence-electron chi connectivity index (χ3n) is 3.34. The first-order chi connectivity index (χ1) is 11.5. The Labute approximate surface area is 148 Å². The molecule has 0 unspecified atom stereocenters. The smallest absolute Gasteiger partial charge is 0.310 e. The van der Waals surface area contributed by atoms with Gasteiger partial charge in [0.1, 0.15) is 5.76 Å². The molecule has 1 aliphatic carbocycles. The highest BCUT2D eigenvalue weighted by Crippen LogP contribution is 2.39. The number of allylic oxidation sites excluding steroid dienone is 2. The molecule has 1 aromatic rings. The normalized spacial score (nSPS) is 14.6. The van der Waals surface area contributed by atoms with Crippen LogP contribution in [0, 0.1) is 10.1 Å². The molecule has 0 amide bonds. The molecule has 0 saturated carbocycles. The van der Waals surface area contributed by atoms with Gasteiger partial charge in [0, 0.05) is 31.2 Å². The Morgan fingerprint density at radius 2 is 2.08 bits per heavy atom. The maximum Gasteiger partial charge on any atom is 0.310 e. The molecule has 2 rings (SSSR count). The molecule has 0 heterocycles. The molecule has 0 fully saturated rings. The number of hydrogen-bond acceptors (Lipinski definition) is 6. The molecular formula is C16H16ClNO5S. The number of Topliss-reactive ketones (excluding diaryl/α,β-unsaturated/α-hetero) is 1. The van der Waals surface area contributed by atoms with E-state index in [2.05, 4.69) is 0 Å². The molecular weight excluding hydrogens is 354 g/mol. The van der Waals surface area contributed by atoms with Crippen molar-refractivity contribution < 1.29 is 19.2 Å². The zero-order chi connectivity index (χ0) is 17.5. The lowest BCUT2D eigenvalue weighted by atomic mass is 10.0. The van der Waals surface area contributed by atoms with Crippen LogP contribution >= 0.6 is 23.4 Å². The van der Waals surface area contributed by atoms with Crippen LogP contribution < -0.4 is 0 Å². The number of hydrogen-bond donors (Lipinski definition) is 0. The molecule has 128 valence electrons. The van der Waals surface area contributed by atoms with Gasteiger partial charge in [-0.05, 0) is 18.9 Å². The van der Waals surface area contributed by atoms with E-state index in [0.29, 0.717) is 42.2 Å². The lowest BCUT2D eigenvalue weighted by molar-refractivity contribution is -0.387. The molecule has 0 spiro atoms. The Morgan fingerprint density at radius 1 is 1.33 bits per heavy atom. The Hall–Kier alpha value is -1.86. The summed E-state index contributed by atoms with van der Waals surface area (Å²) in [4.78, 5) is 35.3. The summed E-state index contributed by atoms with van der Waals surface area (Å²) in [5.74, 6) is 0.0461. The van der Waals surface area contributed by atoms with E-state index < -0.39 is 10.9 Å². The molecule has 24 heavy (non-hydrogen) atoms. The van der Waals surface area contributed by atoms with Gasteiger partial charge in [-0.2, -0.15) is 0 Å². The number of halogens is 1. The number of alkyl halides is 1. The van der Waals surface area contributed by atoms with Gasteiger partial charge in [-0.3, -0.25) is 19.7 Å². The Kier molecular flexibility index (Phi) is 6.81. The zero-order valence-corrected chi connectivity index (χ0v) is 14.4. The molecule has 0 atom stereocenters. The molecule has 6 nitrogen and oxygen atoms in total. The second-order valence-electron chi connectivity index (χ2n) is 5.12. The second kappa shape index (κ2) is 8.84. The van der Waals surface area contributed by atoms with Crippen molar-refractivity contribution in [2.24, 2.45) is 0 Å². The van der Waals surface area contributed by atoms with Crippen molar-refractivity contribution in [3.63, 3.8) is 0 Å². The van der Waals surface area contributed by atoms with Crippen molar-refractivity contribution in [2.45, 2.75) is 37.0 Å². The number of carbonyl (C=O) groups is 2. The first-order valence-electron chi connectivity index (χ1n) is 7.47. The molecule has 8 heteroatoms. The van der Waals surface area contributed by atoms with E-state index in [1.165, 1.54) is 6.07 Å². The molecule has 0 aliphatic heterocycles. The van der Waals surface area contributed by atoms with E-state index in [0.717, 1.165) is 11.8 Å². The lowest BCUT2D eigenvalue weighted by Crippen LogP contribution is -2.14. The number of ketones is 1. The van der Waals surface area contributed by atoms with Gasteiger partial charge in [0.05, 0.1) is 14.7 Å². The van der Waals surface area contributed by atoms with Gasteiger partial charge >= 0.3 is 5.97 Å². The van der Waals surface area contributed by atoms with Gasteiger partial charge in [0.2, 0.25) is 0 Å². The number of para-hydroxylation sites is 1. The number of rotatable bonds is 7. The minimum absolute atomic E-state index is 0.0822. The van der Waals surface area contributed by atoms with E-state index in [1.807, 2.05) is 0 Å². The number of nitro benzene ring substituents is 1. The van der Waals surface area contributed by atoms with Crippen LogP contribution in [0.25, 0.3) is 0 Å². The molecule has 1 aliphatic rings. The lowest BCUT2D eigenvalue weighted by Gasteiger charge is -2.18. The summed E-state index contributed by atoms with van der Waals surface area (Å²) in [5.41, 5.74) is -0.0822. The van der Waals surface area contributed by atoms with Crippen LogP contribution in [0.15, 0.2) is 39.8 Å². The van der Waals surface area contributed by atoms with Crippen molar-refractivity contribution in [3.8, 4) is 0 Å². The summed E-state index contributed by atoms with van der Waals surface area (Å²) in [6, 6.07) is 6.18. The fourth-order valence-electron chi connectivity index (χ4n) is 2.21. The van der Waals surface area contributed by atoms with Gasteiger partial charge in [0.25, 0.3) is 5.69 Å². The Morgan fingerprint density at radius 3 is 2.79 bits per heavy atom. The summed E-state index contributed by atoms with van der Waals surface area (Å²) in [7, 11) is 0. The van der Waals surface area contributed by atoms with Gasteiger partial charge in [-0.1, -0.05) is 23.9 Å². The molecule has 0 aromatic heterocycles. The van der Waals surface area contributed by atoms with E-state index >= 15 is 0 Å². The number of esters is 1. The minimum Gasteiger partial charge on any atom is -0.430 e. The van der Waals surface area contributed by atoms with Gasteiger partial charge in [-0.15, -0.1) is 11.6 Å². The first kappa shape index (κ1) is 18.5. The van der Waals surface area contributed by atoms with Crippen LogP contribution in [0.1, 0.15) is 32.1 Å². The SMILES string of the molecule is O=C(CCCCl)OC1=C(Sc2ccccc2[N+](=O)[O-])C(=O)CCC1. The summed E-state index contributed by atoms with van der Waals surface area (Å²) in [6.45, 7) is 0. The summed E-state index contributed by atoms with van der Waals surface area (Å²) in [6.07, 6.45) is 2.06. The average molecular weight is 370 g/mol. The number of carbonyl (C=O) groups excluding carboxylic acids is 2. The Balaban J connectivity index is 2.27. The molecule has 1 aromatic carbocycles. The second-order valence-corrected chi connectivity index (χ2v) is 6.55. The fourth-order valence-corrected chi connectivity index (χ4v) is 3.43. The van der Waals surface area contributed by atoms with Crippen LogP contribution in [0.4, 0.5) is 5.69 Å². The molecule has 0 radical (unpaired) electrons. The third kappa shape index (κ3) is 4.82. The van der Waals surface area contributed by atoms with E-state index in [-0.39, 0.29) is 22.8 Å². The van der Waals surface area contributed by atoms with Gasteiger partial charge in [-0.25, -0.2) is 0 Å². The zero-order valence-electron chi connectivity index (χ0n) is 12.8. The highest BCUT2D eigenvalue weighted by Gasteiger charge is 2.27. The monoisotopic (exact) mass is 369 g/mol. The van der Waals surface area contributed by atoms with E-state index in [4.69, 9.17) is 16.3 Å².